The molecule has 0 saturated carbocycles. The van der Waals surface area contributed by atoms with Crippen molar-refractivity contribution in [3.63, 3.8) is 0 Å². The van der Waals surface area contributed by atoms with Crippen molar-refractivity contribution >= 4 is 12.0 Å². The number of rotatable bonds is 11. The Kier molecular flexibility index (Phi) is 8.80. The molecule has 0 bridgehead atoms. The van der Waals surface area contributed by atoms with Crippen LogP contribution in [0, 0.1) is 0 Å². The van der Waals surface area contributed by atoms with Gasteiger partial charge in [0, 0.05) is 17.7 Å². The van der Waals surface area contributed by atoms with E-state index in [2.05, 4.69) is 6.92 Å². The first-order chi connectivity index (χ1) is 10.7. The Hall–Kier alpha value is -1.97. The van der Waals surface area contributed by atoms with Crippen molar-refractivity contribution in [2.75, 3.05) is 13.2 Å². The van der Waals surface area contributed by atoms with Gasteiger partial charge in [-0.15, -0.1) is 0 Å². The molecule has 1 aromatic carbocycles. The van der Waals surface area contributed by atoms with Crippen LogP contribution < -0.4 is 9.47 Å². The maximum atomic E-state index is 10.6. The van der Waals surface area contributed by atoms with Gasteiger partial charge in [0.25, 0.3) is 0 Å². The van der Waals surface area contributed by atoms with Crippen molar-refractivity contribution in [3.05, 3.63) is 29.8 Å². The molecule has 0 atom stereocenters. The lowest BCUT2D eigenvalue weighted by molar-refractivity contribution is -0.131. The van der Waals surface area contributed by atoms with Crippen LogP contribution in [-0.4, -0.2) is 24.3 Å². The summed E-state index contributed by atoms with van der Waals surface area (Å²) < 4.78 is 11.3. The normalized spacial score (nSPS) is 10.8. The molecule has 0 spiro atoms. The van der Waals surface area contributed by atoms with Crippen LogP contribution in [0.1, 0.15) is 51.5 Å². The third-order valence-corrected chi connectivity index (χ3v) is 3.21. The van der Waals surface area contributed by atoms with Crippen LogP contribution in [0.15, 0.2) is 24.3 Å². The molecule has 4 nitrogen and oxygen atoms in total. The van der Waals surface area contributed by atoms with Gasteiger partial charge in [0.1, 0.15) is 11.5 Å². The van der Waals surface area contributed by atoms with Gasteiger partial charge < -0.3 is 14.6 Å². The Morgan fingerprint density at radius 2 is 1.91 bits per heavy atom. The van der Waals surface area contributed by atoms with E-state index in [1.54, 1.807) is 0 Å². The molecule has 1 rings (SSSR count). The summed E-state index contributed by atoms with van der Waals surface area (Å²) in [5.41, 5.74) is 0.736. The number of benzene rings is 1. The minimum absolute atomic E-state index is 0.522. The zero-order valence-corrected chi connectivity index (χ0v) is 13.5. The summed E-state index contributed by atoms with van der Waals surface area (Å²) in [6.45, 7) is 5.31. The molecule has 0 aromatic heterocycles. The molecule has 4 heteroatoms. The van der Waals surface area contributed by atoms with Crippen molar-refractivity contribution in [3.8, 4) is 11.5 Å². The minimum Gasteiger partial charge on any atom is -0.493 e. The molecule has 0 aliphatic carbocycles. The van der Waals surface area contributed by atoms with Crippen molar-refractivity contribution < 1.29 is 19.4 Å². The third kappa shape index (κ3) is 7.16. The second kappa shape index (κ2) is 10.7. The smallest absolute Gasteiger partial charge is 0.328 e. The number of hydrogen-bond acceptors (Lipinski definition) is 3. The van der Waals surface area contributed by atoms with E-state index < -0.39 is 5.97 Å². The number of aliphatic carboxylic acids is 1. The Balaban J connectivity index is 2.58. The molecule has 122 valence electrons. The van der Waals surface area contributed by atoms with E-state index in [0.717, 1.165) is 23.8 Å². The Bertz CT molecular complexity index is 480. The molecule has 0 radical (unpaired) electrons. The molecular weight excluding hydrogens is 280 g/mol. The standard InChI is InChI=1S/C18H26O4/c1-3-5-6-7-8-13-22-16-11-9-15(10-12-18(19)20)17(14-16)21-4-2/h9-12,14H,3-8,13H2,1-2H3,(H,19,20). The monoisotopic (exact) mass is 306 g/mol. The minimum atomic E-state index is -0.977. The summed E-state index contributed by atoms with van der Waals surface area (Å²) in [7, 11) is 0. The van der Waals surface area contributed by atoms with Gasteiger partial charge in [-0.2, -0.15) is 0 Å². The molecule has 1 aromatic rings. The van der Waals surface area contributed by atoms with Crippen LogP contribution >= 0.6 is 0 Å². The highest BCUT2D eigenvalue weighted by Gasteiger charge is 2.04. The first-order valence-corrected chi connectivity index (χ1v) is 7.98. The number of carboxylic acid groups (broad SMARTS) is 1. The lowest BCUT2D eigenvalue weighted by atomic mass is 10.1. The number of unbranched alkanes of at least 4 members (excludes halogenated alkanes) is 4. The largest absolute Gasteiger partial charge is 0.493 e. The first kappa shape index (κ1) is 18.1. The van der Waals surface area contributed by atoms with Gasteiger partial charge in [0.05, 0.1) is 13.2 Å². The van der Waals surface area contributed by atoms with Crippen molar-refractivity contribution in [1.29, 1.82) is 0 Å². The Morgan fingerprint density at radius 1 is 1.14 bits per heavy atom. The van der Waals surface area contributed by atoms with Crippen LogP contribution in [0.2, 0.25) is 0 Å². The van der Waals surface area contributed by atoms with Gasteiger partial charge >= 0.3 is 5.97 Å². The average Bonchev–Trinajstić information content (AvgIpc) is 2.50. The van der Waals surface area contributed by atoms with Gasteiger partial charge in [0.15, 0.2) is 0 Å². The van der Waals surface area contributed by atoms with Crippen molar-refractivity contribution in [2.45, 2.75) is 46.0 Å². The van der Waals surface area contributed by atoms with E-state index in [9.17, 15) is 4.79 Å². The Morgan fingerprint density at radius 3 is 2.59 bits per heavy atom. The van der Waals surface area contributed by atoms with Crippen LogP contribution in [0.3, 0.4) is 0 Å². The van der Waals surface area contributed by atoms with E-state index >= 15 is 0 Å². The molecule has 0 amide bonds. The summed E-state index contributed by atoms with van der Waals surface area (Å²) in [6, 6.07) is 5.48. The van der Waals surface area contributed by atoms with Gasteiger partial charge in [-0.05, 0) is 31.6 Å². The fourth-order valence-corrected chi connectivity index (χ4v) is 2.08. The molecule has 0 aliphatic heterocycles. The molecule has 22 heavy (non-hydrogen) atoms. The van der Waals surface area contributed by atoms with Gasteiger partial charge in [-0.25, -0.2) is 4.79 Å². The van der Waals surface area contributed by atoms with Crippen LogP contribution in [0.5, 0.6) is 11.5 Å². The molecule has 0 unspecified atom stereocenters. The van der Waals surface area contributed by atoms with Crippen LogP contribution in [0.4, 0.5) is 0 Å². The highest BCUT2D eigenvalue weighted by molar-refractivity contribution is 5.86. The fraction of sp³-hybridized carbons (Fsp3) is 0.500. The molecule has 0 saturated heterocycles. The Labute approximate surface area is 132 Å². The van der Waals surface area contributed by atoms with E-state index in [0.29, 0.717) is 19.0 Å². The van der Waals surface area contributed by atoms with E-state index in [1.165, 1.54) is 31.8 Å². The molecule has 0 aliphatic rings. The van der Waals surface area contributed by atoms with E-state index in [-0.39, 0.29) is 0 Å². The summed E-state index contributed by atoms with van der Waals surface area (Å²) >= 11 is 0. The lowest BCUT2D eigenvalue weighted by Crippen LogP contribution is -1.99. The SMILES string of the molecule is CCCCCCCOc1ccc(C=CC(=O)O)c(OCC)c1. The first-order valence-electron chi connectivity index (χ1n) is 7.98. The van der Waals surface area contributed by atoms with Crippen molar-refractivity contribution in [1.82, 2.24) is 0 Å². The zero-order valence-electron chi connectivity index (χ0n) is 13.5. The zero-order chi connectivity index (χ0) is 16.2. The predicted octanol–water partition coefficient (Wildman–Crippen LogP) is 4.53. The van der Waals surface area contributed by atoms with E-state index in [4.69, 9.17) is 14.6 Å². The fourth-order valence-electron chi connectivity index (χ4n) is 2.08. The summed E-state index contributed by atoms with van der Waals surface area (Å²) in [4.78, 5) is 10.6. The summed E-state index contributed by atoms with van der Waals surface area (Å²) in [6.07, 6.45) is 8.64. The highest BCUT2D eigenvalue weighted by Crippen LogP contribution is 2.26. The van der Waals surface area contributed by atoms with Crippen LogP contribution in [-0.2, 0) is 4.79 Å². The summed E-state index contributed by atoms with van der Waals surface area (Å²) in [5, 5.41) is 8.70. The van der Waals surface area contributed by atoms with Gasteiger partial charge in [-0.3, -0.25) is 0 Å². The van der Waals surface area contributed by atoms with Crippen molar-refractivity contribution in [2.24, 2.45) is 0 Å². The number of ether oxygens (including phenoxy) is 2. The topological polar surface area (TPSA) is 55.8 Å². The average molecular weight is 306 g/mol. The second-order valence-electron chi connectivity index (χ2n) is 5.07. The number of carbonyl (C=O) groups is 1. The van der Waals surface area contributed by atoms with E-state index in [1.807, 2.05) is 25.1 Å². The molecule has 0 heterocycles. The third-order valence-electron chi connectivity index (χ3n) is 3.21. The predicted molar refractivity (Wildman–Crippen MR) is 88.5 cm³/mol. The quantitative estimate of drug-likeness (QED) is 0.482. The molecule has 1 N–H and O–H groups in total. The number of hydrogen-bond donors (Lipinski definition) is 1. The lowest BCUT2D eigenvalue weighted by Gasteiger charge is -2.11. The maximum Gasteiger partial charge on any atom is 0.328 e. The van der Waals surface area contributed by atoms with Crippen LogP contribution in [0.25, 0.3) is 6.08 Å². The maximum absolute atomic E-state index is 10.6. The summed E-state index contributed by atoms with van der Waals surface area (Å²) in [5.74, 6) is 0.421. The van der Waals surface area contributed by atoms with Gasteiger partial charge in [0.2, 0.25) is 0 Å². The molecular formula is C18H26O4. The van der Waals surface area contributed by atoms with Gasteiger partial charge in [-0.1, -0.05) is 32.6 Å². The highest BCUT2D eigenvalue weighted by atomic mass is 16.5. The molecule has 0 fully saturated rings. The number of carboxylic acids is 1. The second-order valence-corrected chi connectivity index (χ2v) is 5.07.